The molecule has 9 heavy (non-hydrogen) atoms. The summed E-state index contributed by atoms with van der Waals surface area (Å²) in [4.78, 5) is 0.627. The monoisotopic (exact) mass is 145 g/mol. The molecule has 0 amide bonds. The lowest BCUT2D eigenvalue weighted by molar-refractivity contribution is 0.369. The van der Waals surface area contributed by atoms with Gasteiger partial charge in [0.1, 0.15) is 0 Å². The van der Waals surface area contributed by atoms with Crippen molar-refractivity contribution >= 4 is 17.2 Å². The first-order chi connectivity index (χ1) is 3.98. The molecule has 0 aliphatic rings. The molecule has 0 aliphatic carbocycles. The largest absolute Gasteiger partial charge is 0.393 e. The summed E-state index contributed by atoms with van der Waals surface area (Å²) >= 11 is 4.79. The third-order valence-corrected chi connectivity index (χ3v) is 1.75. The van der Waals surface area contributed by atoms with Crippen LogP contribution in [-0.2, 0) is 0 Å². The van der Waals surface area contributed by atoms with Gasteiger partial charge in [-0.2, -0.15) is 0 Å². The van der Waals surface area contributed by atoms with Gasteiger partial charge in [-0.05, 0) is 5.41 Å². The zero-order valence-corrected chi connectivity index (χ0v) is 7.22. The first kappa shape index (κ1) is 8.89. The van der Waals surface area contributed by atoms with E-state index in [9.17, 15) is 0 Å². The Hall–Kier alpha value is -0.110. The van der Waals surface area contributed by atoms with Crippen LogP contribution in [0.2, 0.25) is 0 Å². The van der Waals surface area contributed by atoms with Crippen LogP contribution < -0.4 is 5.73 Å². The fourth-order valence-electron chi connectivity index (χ4n) is 0.597. The summed E-state index contributed by atoms with van der Waals surface area (Å²) in [5.41, 5.74) is 5.68. The molecule has 0 spiro atoms. The third-order valence-electron chi connectivity index (χ3n) is 1.61. The van der Waals surface area contributed by atoms with Crippen LogP contribution in [0.25, 0.3) is 0 Å². The Labute approximate surface area is 62.6 Å². The summed E-state index contributed by atoms with van der Waals surface area (Å²) < 4.78 is 0. The summed E-state index contributed by atoms with van der Waals surface area (Å²) in [6, 6.07) is 0. The predicted octanol–water partition coefficient (Wildman–Crippen LogP) is 2.10. The SMILES string of the molecule is CCC(C)(C)CC(N)=S. The Morgan fingerprint density at radius 1 is 1.56 bits per heavy atom. The zero-order chi connectivity index (χ0) is 7.49. The number of hydrogen-bond acceptors (Lipinski definition) is 1. The first-order valence-electron chi connectivity index (χ1n) is 3.26. The van der Waals surface area contributed by atoms with Gasteiger partial charge in [-0.15, -0.1) is 0 Å². The average Bonchev–Trinajstić information content (AvgIpc) is 1.63. The second kappa shape index (κ2) is 3.16. The zero-order valence-electron chi connectivity index (χ0n) is 6.40. The number of thiocarbonyl (C=S) groups is 1. The van der Waals surface area contributed by atoms with Crippen LogP contribution in [0.15, 0.2) is 0 Å². The fourth-order valence-corrected chi connectivity index (χ4v) is 0.987. The van der Waals surface area contributed by atoms with Crippen molar-refractivity contribution in [1.29, 1.82) is 0 Å². The first-order valence-corrected chi connectivity index (χ1v) is 3.67. The van der Waals surface area contributed by atoms with E-state index in [0.29, 0.717) is 10.4 Å². The topological polar surface area (TPSA) is 26.0 Å². The van der Waals surface area contributed by atoms with Gasteiger partial charge in [0.05, 0.1) is 4.99 Å². The van der Waals surface area contributed by atoms with E-state index in [1.165, 1.54) is 0 Å². The van der Waals surface area contributed by atoms with Gasteiger partial charge in [0, 0.05) is 6.42 Å². The number of nitrogens with two attached hydrogens (primary N) is 1. The Balaban J connectivity index is 3.71. The maximum atomic E-state index is 5.39. The van der Waals surface area contributed by atoms with Gasteiger partial charge in [0.25, 0.3) is 0 Å². The van der Waals surface area contributed by atoms with Crippen molar-refractivity contribution in [3.63, 3.8) is 0 Å². The van der Waals surface area contributed by atoms with Gasteiger partial charge in [-0.1, -0.05) is 39.4 Å². The highest BCUT2D eigenvalue weighted by Crippen LogP contribution is 2.23. The highest BCUT2D eigenvalue weighted by atomic mass is 32.1. The standard InChI is InChI=1S/C7H15NS/c1-4-7(2,3)5-6(8)9/h4-5H2,1-3H3,(H2,8,9). The van der Waals surface area contributed by atoms with E-state index in [1.54, 1.807) is 0 Å². The molecule has 0 heterocycles. The molecule has 0 saturated heterocycles. The molecule has 0 bridgehead atoms. The smallest absolute Gasteiger partial charge is 0.0732 e. The molecule has 0 aliphatic heterocycles. The van der Waals surface area contributed by atoms with Gasteiger partial charge in [0.15, 0.2) is 0 Å². The molecule has 0 fully saturated rings. The minimum absolute atomic E-state index is 0.297. The normalized spacial score (nSPS) is 11.4. The maximum Gasteiger partial charge on any atom is 0.0732 e. The van der Waals surface area contributed by atoms with Crippen molar-refractivity contribution in [2.45, 2.75) is 33.6 Å². The van der Waals surface area contributed by atoms with Gasteiger partial charge >= 0.3 is 0 Å². The minimum atomic E-state index is 0.297. The van der Waals surface area contributed by atoms with Crippen LogP contribution in [0.3, 0.4) is 0 Å². The quantitative estimate of drug-likeness (QED) is 0.615. The summed E-state index contributed by atoms with van der Waals surface area (Å²) in [6.45, 7) is 6.50. The molecule has 0 radical (unpaired) electrons. The van der Waals surface area contributed by atoms with E-state index < -0.39 is 0 Å². The van der Waals surface area contributed by atoms with Crippen molar-refractivity contribution in [2.24, 2.45) is 11.1 Å². The van der Waals surface area contributed by atoms with Crippen LogP contribution in [0.4, 0.5) is 0 Å². The average molecular weight is 145 g/mol. The van der Waals surface area contributed by atoms with Crippen molar-refractivity contribution in [2.75, 3.05) is 0 Å². The number of rotatable bonds is 3. The Kier molecular flexibility index (Phi) is 3.12. The summed E-state index contributed by atoms with van der Waals surface area (Å²) in [6.07, 6.45) is 1.99. The molecule has 0 aromatic heterocycles. The summed E-state index contributed by atoms with van der Waals surface area (Å²) in [7, 11) is 0. The van der Waals surface area contributed by atoms with Crippen molar-refractivity contribution in [3.8, 4) is 0 Å². The second-order valence-corrected chi connectivity index (χ2v) is 3.69. The van der Waals surface area contributed by atoms with Gasteiger partial charge in [-0.25, -0.2) is 0 Å². The van der Waals surface area contributed by atoms with Gasteiger partial charge in [-0.3, -0.25) is 0 Å². The van der Waals surface area contributed by atoms with Crippen molar-refractivity contribution in [3.05, 3.63) is 0 Å². The lowest BCUT2D eigenvalue weighted by Gasteiger charge is -2.20. The van der Waals surface area contributed by atoms with Crippen LogP contribution in [-0.4, -0.2) is 4.99 Å². The predicted molar refractivity (Wildman–Crippen MR) is 45.5 cm³/mol. The van der Waals surface area contributed by atoms with Crippen LogP contribution >= 0.6 is 12.2 Å². The van der Waals surface area contributed by atoms with Crippen LogP contribution in [0.5, 0.6) is 0 Å². The Bertz CT molecular complexity index is 107. The molecule has 2 heteroatoms. The molecule has 0 rings (SSSR count). The van der Waals surface area contributed by atoms with Crippen LogP contribution in [0, 0.1) is 5.41 Å². The molecular weight excluding hydrogens is 130 g/mol. The molecule has 0 atom stereocenters. The van der Waals surface area contributed by atoms with E-state index in [-0.39, 0.29) is 0 Å². The van der Waals surface area contributed by atoms with Crippen LogP contribution in [0.1, 0.15) is 33.6 Å². The lowest BCUT2D eigenvalue weighted by atomic mass is 9.87. The van der Waals surface area contributed by atoms with E-state index in [2.05, 4.69) is 20.8 Å². The second-order valence-electron chi connectivity index (χ2n) is 3.16. The molecule has 1 nitrogen and oxygen atoms in total. The fraction of sp³-hybridized carbons (Fsp3) is 0.857. The van der Waals surface area contributed by atoms with Gasteiger partial charge < -0.3 is 5.73 Å². The Morgan fingerprint density at radius 2 is 2.00 bits per heavy atom. The highest BCUT2D eigenvalue weighted by molar-refractivity contribution is 7.80. The van der Waals surface area contributed by atoms with E-state index in [4.69, 9.17) is 18.0 Å². The molecular formula is C7H15NS. The minimum Gasteiger partial charge on any atom is -0.393 e. The number of hydrogen-bond donors (Lipinski definition) is 1. The third kappa shape index (κ3) is 4.40. The highest BCUT2D eigenvalue weighted by Gasteiger charge is 2.15. The van der Waals surface area contributed by atoms with E-state index >= 15 is 0 Å². The Morgan fingerprint density at radius 3 is 2.11 bits per heavy atom. The van der Waals surface area contributed by atoms with Crippen molar-refractivity contribution < 1.29 is 0 Å². The summed E-state index contributed by atoms with van der Waals surface area (Å²) in [5.74, 6) is 0. The molecule has 0 unspecified atom stereocenters. The molecule has 54 valence electrons. The summed E-state index contributed by atoms with van der Waals surface area (Å²) in [5, 5.41) is 0. The van der Waals surface area contributed by atoms with E-state index in [1.807, 2.05) is 0 Å². The lowest BCUT2D eigenvalue weighted by Crippen LogP contribution is -2.20. The molecule has 0 saturated carbocycles. The van der Waals surface area contributed by atoms with Crippen molar-refractivity contribution in [1.82, 2.24) is 0 Å². The van der Waals surface area contributed by atoms with Gasteiger partial charge in [0.2, 0.25) is 0 Å². The maximum absolute atomic E-state index is 5.39. The molecule has 2 N–H and O–H groups in total. The molecule has 0 aromatic carbocycles. The molecule has 0 aromatic rings. The van der Waals surface area contributed by atoms with E-state index in [0.717, 1.165) is 12.8 Å².